The van der Waals surface area contributed by atoms with Gasteiger partial charge in [-0.2, -0.15) is 0 Å². The molecule has 0 saturated carbocycles. The van der Waals surface area contributed by atoms with E-state index in [-0.39, 0.29) is 18.2 Å². The molecule has 0 aromatic heterocycles. The summed E-state index contributed by atoms with van der Waals surface area (Å²) in [6.07, 6.45) is -0.769. The normalized spacial score (nSPS) is 15.1. The number of hydrogen-bond donors (Lipinski definition) is 2. The molecule has 1 rings (SSSR count). The van der Waals surface area contributed by atoms with E-state index in [0.717, 1.165) is 5.56 Å². The van der Waals surface area contributed by atoms with E-state index in [4.69, 9.17) is 9.84 Å². The van der Waals surface area contributed by atoms with Crippen molar-refractivity contribution in [3.63, 3.8) is 0 Å². The molecule has 2 unspecified atom stereocenters. The van der Waals surface area contributed by atoms with E-state index in [2.05, 4.69) is 5.32 Å². The molecule has 1 amide bonds. The standard InChI is InChI=1S/C17H25NO4/c1-12(2)17(4,10-15(19)20)18-16(21)13(3)22-11-14-8-6-5-7-9-14/h5-9,12-13H,10-11H2,1-4H3,(H,18,21)(H,19,20). The van der Waals surface area contributed by atoms with Crippen molar-refractivity contribution in [2.45, 2.75) is 52.4 Å². The second kappa shape index (κ2) is 7.94. The maximum Gasteiger partial charge on any atom is 0.305 e. The van der Waals surface area contributed by atoms with Crippen LogP contribution in [0.5, 0.6) is 0 Å². The maximum absolute atomic E-state index is 12.2. The number of carbonyl (C=O) groups excluding carboxylic acids is 1. The van der Waals surface area contributed by atoms with Crippen LogP contribution in [0, 0.1) is 5.92 Å². The Bertz CT molecular complexity index is 501. The summed E-state index contributed by atoms with van der Waals surface area (Å²) >= 11 is 0. The van der Waals surface area contributed by atoms with Crippen LogP contribution in [-0.4, -0.2) is 28.6 Å². The number of ether oxygens (including phenoxy) is 1. The van der Waals surface area contributed by atoms with Gasteiger partial charge in [-0.25, -0.2) is 0 Å². The largest absolute Gasteiger partial charge is 0.481 e. The number of carboxylic acids is 1. The Morgan fingerprint density at radius 3 is 2.32 bits per heavy atom. The van der Waals surface area contributed by atoms with Crippen molar-refractivity contribution >= 4 is 11.9 Å². The topological polar surface area (TPSA) is 75.6 Å². The van der Waals surface area contributed by atoms with E-state index in [1.165, 1.54) is 0 Å². The minimum absolute atomic E-state index is 0.00567. The fourth-order valence-corrected chi connectivity index (χ4v) is 1.96. The van der Waals surface area contributed by atoms with Gasteiger partial charge >= 0.3 is 5.97 Å². The summed E-state index contributed by atoms with van der Waals surface area (Å²) in [5.74, 6) is -1.24. The number of amides is 1. The number of nitrogens with one attached hydrogen (secondary N) is 1. The van der Waals surface area contributed by atoms with Crippen LogP contribution in [0.15, 0.2) is 30.3 Å². The third kappa shape index (κ3) is 5.48. The van der Waals surface area contributed by atoms with E-state index in [1.54, 1.807) is 13.8 Å². The summed E-state index contributed by atoms with van der Waals surface area (Å²) in [6.45, 7) is 7.53. The second-order valence-corrected chi connectivity index (χ2v) is 6.07. The summed E-state index contributed by atoms with van der Waals surface area (Å²) in [6, 6.07) is 9.58. The highest BCUT2D eigenvalue weighted by Crippen LogP contribution is 2.21. The highest BCUT2D eigenvalue weighted by Gasteiger charge is 2.34. The van der Waals surface area contributed by atoms with E-state index in [0.29, 0.717) is 6.61 Å². The molecule has 0 spiro atoms. The average Bonchev–Trinajstić information content (AvgIpc) is 2.44. The summed E-state index contributed by atoms with van der Waals surface area (Å²) in [7, 11) is 0. The molecule has 0 bridgehead atoms. The molecule has 0 aliphatic rings. The third-order valence-electron chi connectivity index (χ3n) is 3.91. The number of carboxylic acid groups (broad SMARTS) is 1. The van der Waals surface area contributed by atoms with Gasteiger partial charge in [-0.1, -0.05) is 44.2 Å². The monoisotopic (exact) mass is 307 g/mol. The highest BCUT2D eigenvalue weighted by atomic mass is 16.5. The van der Waals surface area contributed by atoms with Gasteiger partial charge in [0.25, 0.3) is 0 Å². The van der Waals surface area contributed by atoms with Crippen molar-refractivity contribution in [2.75, 3.05) is 0 Å². The van der Waals surface area contributed by atoms with Gasteiger partial charge in [0.05, 0.1) is 18.6 Å². The van der Waals surface area contributed by atoms with Crippen LogP contribution in [0.4, 0.5) is 0 Å². The van der Waals surface area contributed by atoms with E-state index in [9.17, 15) is 9.59 Å². The van der Waals surface area contributed by atoms with E-state index >= 15 is 0 Å². The fraction of sp³-hybridized carbons (Fsp3) is 0.529. The molecule has 0 aliphatic heterocycles. The maximum atomic E-state index is 12.2. The van der Waals surface area contributed by atoms with Crippen LogP contribution < -0.4 is 5.32 Å². The highest BCUT2D eigenvalue weighted by molar-refractivity contribution is 5.82. The molecule has 2 N–H and O–H groups in total. The van der Waals surface area contributed by atoms with Crippen LogP contribution in [0.25, 0.3) is 0 Å². The first-order valence-electron chi connectivity index (χ1n) is 7.44. The molecular formula is C17H25NO4. The summed E-state index contributed by atoms with van der Waals surface area (Å²) in [4.78, 5) is 23.2. The third-order valence-corrected chi connectivity index (χ3v) is 3.91. The number of benzene rings is 1. The Labute approximate surface area is 131 Å². The predicted molar refractivity (Wildman–Crippen MR) is 84.3 cm³/mol. The zero-order chi connectivity index (χ0) is 16.8. The van der Waals surface area contributed by atoms with Crippen molar-refractivity contribution in [3.8, 4) is 0 Å². The molecular weight excluding hydrogens is 282 g/mol. The van der Waals surface area contributed by atoms with E-state index < -0.39 is 17.6 Å². The molecule has 122 valence electrons. The summed E-state index contributed by atoms with van der Waals surface area (Å²) < 4.78 is 5.56. The molecule has 0 aliphatic carbocycles. The lowest BCUT2D eigenvalue weighted by Crippen LogP contribution is -2.54. The van der Waals surface area contributed by atoms with Crippen molar-refractivity contribution < 1.29 is 19.4 Å². The van der Waals surface area contributed by atoms with Crippen LogP contribution in [0.3, 0.4) is 0 Å². The molecule has 1 aromatic rings. The molecule has 0 radical (unpaired) electrons. The molecule has 22 heavy (non-hydrogen) atoms. The Balaban J connectivity index is 2.59. The van der Waals surface area contributed by atoms with Gasteiger partial charge in [-0.05, 0) is 25.3 Å². The molecule has 1 aromatic carbocycles. The number of aliphatic carboxylic acids is 1. The van der Waals surface area contributed by atoms with Gasteiger partial charge in [0, 0.05) is 0 Å². The van der Waals surface area contributed by atoms with Crippen molar-refractivity contribution in [2.24, 2.45) is 5.92 Å². The lowest BCUT2D eigenvalue weighted by Gasteiger charge is -2.34. The molecule has 2 atom stereocenters. The van der Waals surface area contributed by atoms with Crippen molar-refractivity contribution in [1.29, 1.82) is 0 Å². The fourth-order valence-electron chi connectivity index (χ4n) is 1.96. The van der Waals surface area contributed by atoms with Gasteiger partial charge in [0.15, 0.2) is 0 Å². The zero-order valence-corrected chi connectivity index (χ0v) is 13.6. The molecule has 0 saturated heterocycles. The number of hydrogen-bond acceptors (Lipinski definition) is 3. The first-order chi connectivity index (χ1) is 10.2. The van der Waals surface area contributed by atoms with Crippen LogP contribution >= 0.6 is 0 Å². The van der Waals surface area contributed by atoms with Crippen LogP contribution in [-0.2, 0) is 20.9 Å². The van der Waals surface area contributed by atoms with Crippen molar-refractivity contribution in [3.05, 3.63) is 35.9 Å². The first kappa shape index (κ1) is 18.2. The average molecular weight is 307 g/mol. The number of carbonyl (C=O) groups is 2. The molecule has 5 heteroatoms. The minimum Gasteiger partial charge on any atom is -0.481 e. The molecule has 0 fully saturated rings. The quantitative estimate of drug-likeness (QED) is 0.774. The van der Waals surface area contributed by atoms with E-state index in [1.807, 2.05) is 44.2 Å². The van der Waals surface area contributed by atoms with Gasteiger partial charge in [-0.3, -0.25) is 9.59 Å². The van der Waals surface area contributed by atoms with Crippen molar-refractivity contribution in [1.82, 2.24) is 5.32 Å². The van der Waals surface area contributed by atoms with Crippen LogP contribution in [0.2, 0.25) is 0 Å². The zero-order valence-electron chi connectivity index (χ0n) is 13.6. The molecule has 5 nitrogen and oxygen atoms in total. The Morgan fingerprint density at radius 1 is 1.23 bits per heavy atom. The second-order valence-electron chi connectivity index (χ2n) is 6.07. The number of rotatable bonds is 8. The molecule has 0 heterocycles. The summed E-state index contributed by atoms with van der Waals surface area (Å²) in [5, 5.41) is 11.8. The van der Waals surface area contributed by atoms with Crippen LogP contribution in [0.1, 0.15) is 39.7 Å². The van der Waals surface area contributed by atoms with Gasteiger partial charge in [0.1, 0.15) is 6.10 Å². The van der Waals surface area contributed by atoms with Gasteiger partial charge in [-0.15, -0.1) is 0 Å². The summed E-state index contributed by atoms with van der Waals surface area (Å²) in [5.41, 5.74) is 0.187. The Hall–Kier alpha value is -1.88. The van der Waals surface area contributed by atoms with Gasteiger partial charge in [0.2, 0.25) is 5.91 Å². The smallest absolute Gasteiger partial charge is 0.305 e. The van der Waals surface area contributed by atoms with Gasteiger partial charge < -0.3 is 15.2 Å². The lowest BCUT2D eigenvalue weighted by atomic mass is 9.85. The minimum atomic E-state index is -0.936. The Morgan fingerprint density at radius 2 is 1.82 bits per heavy atom. The Kier molecular flexibility index (Phi) is 6.56. The lowest BCUT2D eigenvalue weighted by molar-refractivity contribution is -0.141. The predicted octanol–water partition coefficient (Wildman–Crippen LogP) is 2.60. The SMILES string of the molecule is CC(OCc1ccccc1)C(=O)NC(C)(CC(=O)O)C(C)C. The first-order valence-corrected chi connectivity index (χ1v) is 7.44.